The van der Waals surface area contributed by atoms with Crippen molar-refractivity contribution in [3.8, 4) is 17.2 Å². The molecule has 0 saturated carbocycles. The van der Waals surface area contributed by atoms with Crippen LogP contribution in [0.25, 0.3) is 0 Å². The van der Waals surface area contributed by atoms with Crippen LogP contribution in [-0.2, 0) is 14.3 Å². The molecule has 0 spiro atoms. The highest BCUT2D eigenvalue weighted by Crippen LogP contribution is 2.40. The molecule has 8 heteroatoms. The molecule has 0 heterocycles. The Morgan fingerprint density at radius 2 is 1.64 bits per heavy atom. The van der Waals surface area contributed by atoms with Crippen LogP contribution in [0.3, 0.4) is 0 Å². The van der Waals surface area contributed by atoms with Gasteiger partial charge in [-0.1, -0.05) is 13.8 Å². The number of benzene rings is 2. The Morgan fingerprint density at radius 1 is 1.04 bits per heavy atom. The summed E-state index contributed by atoms with van der Waals surface area (Å²) in [6.07, 6.45) is 0.475. The first-order valence-corrected chi connectivity index (χ1v) is 10.1. The van der Waals surface area contributed by atoms with Crippen LogP contribution >= 0.6 is 31.9 Å². The lowest BCUT2D eigenvalue weighted by atomic mass is 10.1. The Morgan fingerprint density at radius 3 is 2.18 bits per heavy atom. The quantitative estimate of drug-likeness (QED) is 0.468. The fourth-order valence-corrected chi connectivity index (χ4v) is 3.53. The third-order valence-electron chi connectivity index (χ3n) is 3.51. The van der Waals surface area contributed by atoms with E-state index in [0.29, 0.717) is 44.2 Å². The van der Waals surface area contributed by atoms with Crippen LogP contribution in [0.4, 0.5) is 5.69 Å². The van der Waals surface area contributed by atoms with E-state index in [2.05, 4.69) is 41.9 Å². The van der Waals surface area contributed by atoms with E-state index in [1.807, 2.05) is 13.8 Å². The summed E-state index contributed by atoms with van der Waals surface area (Å²) in [5.74, 6) is 1.47. The maximum Gasteiger partial charge on any atom is 0.343 e. The number of hydrogen-bond acceptors (Lipinski definition) is 5. The zero-order chi connectivity index (χ0) is 20.7. The topological polar surface area (TPSA) is 73.9 Å². The highest BCUT2D eigenvalue weighted by Gasteiger charge is 2.13. The summed E-state index contributed by atoms with van der Waals surface area (Å²) in [4.78, 5) is 23.0. The van der Waals surface area contributed by atoms with Gasteiger partial charge in [0.2, 0.25) is 5.91 Å². The summed E-state index contributed by atoms with van der Waals surface area (Å²) >= 11 is 6.88. The van der Waals surface area contributed by atoms with E-state index < -0.39 is 5.97 Å². The van der Waals surface area contributed by atoms with Crippen molar-refractivity contribution in [3.05, 3.63) is 45.3 Å². The number of esters is 1. The number of carbonyl (C=O) groups is 2. The summed E-state index contributed by atoms with van der Waals surface area (Å²) in [7, 11) is 1.30. The number of amides is 1. The molecule has 0 unspecified atom stereocenters. The van der Waals surface area contributed by atoms with Crippen molar-refractivity contribution in [1.29, 1.82) is 0 Å². The van der Waals surface area contributed by atoms with E-state index in [-0.39, 0.29) is 12.5 Å². The van der Waals surface area contributed by atoms with Gasteiger partial charge < -0.3 is 19.5 Å². The lowest BCUT2D eigenvalue weighted by molar-refractivity contribution is -0.142. The zero-order valence-electron chi connectivity index (χ0n) is 15.8. The molecule has 2 aromatic carbocycles. The Labute approximate surface area is 180 Å². The minimum absolute atomic E-state index is 0.0169. The van der Waals surface area contributed by atoms with Gasteiger partial charge in [0.25, 0.3) is 0 Å². The van der Waals surface area contributed by atoms with Gasteiger partial charge in [0.15, 0.2) is 12.4 Å². The number of ether oxygens (including phenoxy) is 3. The smallest absolute Gasteiger partial charge is 0.343 e. The first-order valence-electron chi connectivity index (χ1n) is 8.55. The number of hydrogen-bond donors (Lipinski definition) is 1. The predicted octanol–water partition coefficient (Wildman–Crippen LogP) is 5.54. The van der Waals surface area contributed by atoms with E-state index in [1.165, 1.54) is 7.11 Å². The molecule has 0 bridgehead atoms. The molecule has 0 saturated heterocycles. The fourth-order valence-electron chi connectivity index (χ4n) is 2.23. The first-order chi connectivity index (χ1) is 13.3. The number of halogens is 2. The molecule has 0 aromatic heterocycles. The molecule has 0 radical (unpaired) electrons. The lowest BCUT2D eigenvalue weighted by Crippen LogP contribution is -2.13. The largest absolute Gasteiger partial charge is 0.482 e. The minimum atomic E-state index is -0.465. The van der Waals surface area contributed by atoms with Crippen molar-refractivity contribution in [3.63, 3.8) is 0 Å². The van der Waals surface area contributed by atoms with Crippen LogP contribution in [0.15, 0.2) is 45.3 Å². The Bertz CT molecular complexity index is 814. The maximum atomic E-state index is 11.8. The van der Waals surface area contributed by atoms with Crippen molar-refractivity contribution >= 4 is 49.4 Å². The molecule has 1 N–H and O–H groups in total. The van der Waals surface area contributed by atoms with Crippen LogP contribution in [0.5, 0.6) is 17.2 Å². The molecule has 1 amide bonds. The van der Waals surface area contributed by atoms with E-state index >= 15 is 0 Å². The van der Waals surface area contributed by atoms with E-state index in [0.717, 1.165) is 0 Å². The van der Waals surface area contributed by atoms with Gasteiger partial charge in [-0.05, 0) is 74.2 Å². The minimum Gasteiger partial charge on any atom is -0.482 e. The molecule has 2 rings (SSSR count). The molecule has 150 valence electrons. The summed E-state index contributed by atoms with van der Waals surface area (Å²) in [6, 6.07) is 10.5. The molecule has 0 atom stereocenters. The van der Waals surface area contributed by atoms with E-state index in [9.17, 15) is 9.59 Å². The first kappa shape index (κ1) is 22.2. The Kier molecular flexibility index (Phi) is 8.32. The SMILES string of the molecule is COC(=O)COc1cc(Br)c(Oc2ccc(NC(=O)CC(C)C)cc2)c(Br)c1. The Balaban J connectivity index is 2.04. The molecule has 6 nitrogen and oxygen atoms in total. The number of anilines is 1. The third-order valence-corrected chi connectivity index (χ3v) is 4.69. The number of carbonyl (C=O) groups excluding carboxylic acids is 2. The second kappa shape index (κ2) is 10.5. The molecule has 0 fully saturated rings. The third kappa shape index (κ3) is 6.83. The summed E-state index contributed by atoms with van der Waals surface area (Å²) in [6.45, 7) is 3.82. The monoisotopic (exact) mass is 513 g/mol. The van der Waals surface area contributed by atoms with Gasteiger partial charge in [0, 0.05) is 12.1 Å². The van der Waals surface area contributed by atoms with Gasteiger partial charge in [0.05, 0.1) is 16.1 Å². The van der Waals surface area contributed by atoms with E-state index in [4.69, 9.17) is 9.47 Å². The fraction of sp³-hybridized carbons (Fsp3) is 0.300. The zero-order valence-corrected chi connectivity index (χ0v) is 18.9. The van der Waals surface area contributed by atoms with E-state index in [1.54, 1.807) is 36.4 Å². The lowest BCUT2D eigenvalue weighted by Gasteiger charge is -2.13. The van der Waals surface area contributed by atoms with Crippen molar-refractivity contribution in [2.75, 3.05) is 19.0 Å². The van der Waals surface area contributed by atoms with Crippen LogP contribution in [-0.4, -0.2) is 25.6 Å². The molecule has 0 aliphatic carbocycles. The van der Waals surface area contributed by atoms with Crippen molar-refractivity contribution in [2.24, 2.45) is 5.92 Å². The van der Waals surface area contributed by atoms with Gasteiger partial charge in [-0.25, -0.2) is 4.79 Å². The van der Waals surface area contributed by atoms with Crippen molar-refractivity contribution < 1.29 is 23.8 Å². The van der Waals surface area contributed by atoms with Gasteiger partial charge in [-0.3, -0.25) is 4.79 Å². The van der Waals surface area contributed by atoms with Gasteiger partial charge >= 0.3 is 5.97 Å². The second-order valence-electron chi connectivity index (χ2n) is 6.35. The number of rotatable bonds is 8. The predicted molar refractivity (Wildman–Crippen MR) is 114 cm³/mol. The number of nitrogens with one attached hydrogen (secondary N) is 1. The Hall–Kier alpha value is -2.06. The van der Waals surface area contributed by atoms with Crippen LogP contribution < -0.4 is 14.8 Å². The van der Waals surface area contributed by atoms with Gasteiger partial charge in [-0.15, -0.1) is 0 Å². The normalized spacial score (nSPS) is 10.5. The van der Waals surface area contributed by atoms with Crippen LogP contribution in [0, 0.1) is 5.92 Å². The summed E-state index contributed by atoms with van der Waals surface area (Å²) in [5.41, 5.74) is 0.711. The molecule has 28 heavy (non-hydrogen) atoms. The average molecular weight is 515 g/mol. The molecule has 2 aromatic rings. The van der Waals surface area contributed by atoms with Gasteiger partial charge in [-0.2, -0.15) is 0 Å². The number of methoxy groups -OCH3 is 1. The molecule has 0 aliphatic heterocycles. The van der Waals surface area contributed by atoms with Gasteiger partial charge in [0.1, 0.15) is 11.5 Å². The van der Waals surface area contributed by atoms with Crippen LogP contribution in [0.1, 0.15) is 20.3 Å². The van der Waals surface area contributed by atoms with Crippen molar-refractivity contribution in [1.82, 2.24) is 0 Å². The van der Waals surface area contributed by atoms with Crippen LogP contribution in [0.2, 0.25) is 0 Å². The highest BCUT2D eigenvalue weighted by atomic mass is 79.9. The standard InChI is InChI=1S/C20H21Br2NO5/c1-12(2)8-18(24)23-13-4-6-14(7-5-13)28-20-16(21)9-15(10-17(20)22)27-11-19(25)26-3/h4-7,9-10,12H,8,11H2,1-3H3,(H,23,24). The van der Waals surface area contributed by atoms with Crippen molar-refractivity contribution in [2.45, 2.75) is 20.3 Å². The molecule has 0 aliphatic rings. The molecular weight excluding hydrogens is 494 g/mol. The highest BCUT2D eigenvalue weighted by molar-refractivity contribution is 9.11. The molecular formula is C20H21Br2NO5. The average Bonchev–Trinajstić information content (AvgIpc) is 2.63. The maximum absolute atomic E-state index is 11.8. The summed E-state index contributed by atoms with van der Waals surface area (Å²) in [5, 5.41) is 2.86. The summed E-state index contributed by atoms with van der Waals surface area (Å²) < 4.78 is 17.1. The second-order valence-corrected chi connectivity index (χ2v) is 8.06.